The molecule has 1 heterocycles. The van der Waals surface area contributed by atoms with Crippen molar-refractivity contribution in [1.82, 2.24) is 10.5 Å². The number of hydrogen-bond acceptors (Lipinski definition) is 3. The van der Waals surface area contributed by atoms with Crippen molar-refractivity contribution in [2.24, 2.45) is 0 Å². The van der Waals surface area contributed by atoms with Crippen molar-refractivity contribution in [1.29, 1.82) is 5.26 Å². The van der Waals surface area contributed by atoms with Gasteiger partial charge in [0.1, 0.15) is 0 Å². The number of nitrogens with one attached hydrogen (secondary N) is 2. The fourth-order valence-corrected chi connectivity index (χ4v) is 2.39. The molecule has 0 fully saturated rings. The maximum Gasteiger partial charge on any atom is 0.369 e. The van der Waals surface area contributed by atoms with Gasteiger partial charge in [-0.15, -0.1) is 0 Å². The van der Waals surface area contributed by atoms with E-state index in [9.17, 15) is 5.26 Å². The van der Waals surface area contributed by atoms with E-state index < -0.39 is 0 Å². The van der Waals surface area contributed by atoms with Gasteiger partial charge in [-0.3, -0.25) is 0 Å². The first-order chi connectivity index (χ1) is 8.71. The highest BCUT2D eigenvalue weighted by Crippen LogP contribution is 2.26. The molecule has 0 aliphatic carbocycles. The first kappa shape index (κ1) is 14.7. The number of nitrogens with zero attached hydrogens (tertiary/aromatic N) is 1. The van der Waals surface area contributed by atoms with Crippen molar-refractivity contribution >= 4 is 6.98 Å². The number of allylic oxidation sites excluding steroid dienone is 3. The molecule has 0 saturated carbocycles. The summed E-state index contributed by atoms with van der Waals surface area (Å²) in [6.45, 7) is 8.81. The molecule has 0 spiro atoms. The van der Waals surface area contributed by atoms with Crippen LogP contribution < -0.4 is 10.5 Å². The lowest BCUT2D eigenvalue weighted by atomic mass is 9.69. The second-order valence-electron chi connectivity index (χ2n) is 4.63. The van der Waals surface area contributed by atoms with Crippen LogP contribution in [0.3, 0.4) is 0 Å². The molecule has 1 aliphatic rings. The minimum absolute atomic E-state index is 0.256. The van der Waals surface area contributed by atoms with Crippen LogP contribution in [0, 0.1) is 11.3 Å². The maximum absolute atomic E-state index is 9.28. The van der Waals surface area contributed by atoms with Crippen LogP contribution in [-0.4, -0.2) is 6.98 Å². The van der Waals surface area contributed by atoms with Gasteiger partial charge < -0.3 is 10.5 Å². The van der Waals surface area contributed by atoms with Crippen LogP contribution in [0.15, 0.2) is 22.5 Å². The van der Waals surface area contributed by atoms with Crippen LogP contribution in [-0.2, 0) is 0 Å². The van der Waals surface area contributed by atoms with E-state index in [1.54, 1.807) is 0 Å². The molecule has 18 heavy (non-hydrogen) atoms. The summed E-state index contributed by atoms with van der Waals surface area (Å²) in [4.78, 5) is 0. The summed E-state index contributed by atoms with van der Waals surface area (Å²) in [6, 6.07) is 2.35. The molecular weight excluding hydrogens is 221 g/mol. The summed E-state index contributed by atoms with van der Waals surface area (Å²) in [6.07, 6.45) is 4.96. The Balaban J connectivity index is 3.25. The van der Waals surface area contributed by atoms with Crippen LogP contribution >= 0.6 is 0 Å². The maximum atomic E-state index is 9.28. The van der Waals surface area contributed by atoms with Gasteiger partial charge in [0, 0.05) is 11.4 Å². The van der Waals surface area contributed by atoms with E-state index in [1.165, 1.54) is 11.3 Å². The molecule has 0 amide bonds. The summed E-state index contributed by atoms with van der Waals surface area (Å²) in [7, 11) is 0. The van der Waals surface area contributed by atoms with Crippen molar-refractivity contribution in [2.75, 3.05) is 0 Å². The average molecular weight is 245 g/mol. The Morgan fingerprint density at radius 2 is 1.94 bits per heavy atom. The van der Waals surface area contributed by atoms with Crippen molar-refractivity contribution in [2.45, 2.75) is 59.7 Å². The summed E-state index contributed by atoms with van der Waals surface area (Å²) in [5.74, 6) is 0. The van der Waals surface area contributed by atoms with Crippen LogP contribution in [0.1, 0.15) is 53.4 Å². The molecule has 0 aromatic rings. The molecule has 1 aliphatic heterocycles. The van der Waals surface area contributed by atoms with E-state index in [0.717, 1.165) is 43.3 Å². The van der Waals surface area contributed by atoms with Crippen molar-refractivity contribution in [3.8, 4) is 6.07 Å². The molecule has 0 saturated heterocycles. The summed E-state index contributed by atoms with van der Waals surface area (Å²) in [5.41, 5.74) is 4.57. The van der Waals surface area contributed by atoms with Gasteiger partial charge in [0.2, 0.25) is 0 Å². The fourth-order valence-electron chi connectivity index (χ4n) is 2.39. The smallest absolute Gasteiger partial charge is 0.369 e. The molecule has 3 nitrogen and oxygen atoms in total. The Bertz CT molecular complexity index is 390. The molecule has 4 heteroatoms. The Morgan fingerprint density at radius 3 is 2.39 bits per heavy atom. The van der Waals surface area contributed by atoms with Crippen molar-refractivity contribution in [3.63, 3.8) is 0 Å². The highest BCUT2D eigenvalue weighted by molar-refractivity contribution is 6.54. The van der Waals surface area contributed by atoms with Crippen LogP contribution in [0.2, 0.25) is 6.32 Å². The van der Waals surface area contributed by atoms with Crippen LogP contribution in [0.4, 0.5) is 0 Å². The van der Waals surface area contributed by atoms with Crippen LogP contribution in [0.25, 0.3) is 0 Å². The predicted octanol–water partition coefficient (Wildman–Crippen LogP) is 3.34. The molecule has 0 aromatic carbocycles. The Hall–Kier alpha value is -1.37. The fraction of sp³-hybridized carbons (Fsp3) is 0.643. The number of rotatable bonds is 5. The Kier molecular flexibility index (Phi) is 5.84. The monoisotopic (exact) mass is 245 g/mol. The van der Waals surface area contributed by atoms with E-state index >= 15 is 0 Å². The summed E-state index contributed by atoms with van der Waals surface area (Å²) in [5, 5.41) is 16.3. The third kappa shape index (κ3) is 3.10. The molecule has 2 N–H and O–H groups in total. The molecule has 0 radical (unpaired) electrons. The van der Waals surface area contributed by atoms with Crippen molar-refractivity contribution < 1.29 is 0 Å². The molecular formula is C14H24BN3. The van der Waals surface area contributed by atoms with Gasteiger partial charge in [-0.1, -0.05) is 34.1 Å². The standard InChI is InChI=1S/C14H24BN3/c1-5-9-13-12(7-3)14(11(6-2)10-16)18-15(8-4)17-13/h17-18H,5-9H2,1-4H3/b14-11+. The molecule has 98 valence electrons. The van der Waals surface area contributed by atoms with E-state index in [0.29, 0.717) is 0 Å². The molecule has 0 bridgehead atoms. The predicted molar refractivity (Wildman–Crippen MR) is 77.7 cm³/mol. The van der Waals surface area contributed by atoms with Gasteiger partial charge in [-0.2, -0.15) is 5.26 Å². The summed E-state index contributed by atoms with van der Waals surface area (Å²) < 4.78 is 0. The largest absolute Gasteiger partial charge is 0.413 e. The third-order valence-electron chi connectivity index (χ3n) is 3.39. The number of nitriles is 1. The van der Waals surface area contributed by atoms with Gasteiger partial charge in [0.15, 0.2) is 0 Å². The minimum atomic E-state index is 0.256. The first-order valence-electron chi connectivity index (χ1n) is 7.10. The van der Waals surface area contributed by atoms with Gasteiger partial charge in [0.05, 0.1) is 11.6 Å². The SMILES string of the molecule is CCCC1=C(CC)/C(=C(\C#N)CC)NB(CC)N1. The van der Waals surface area contributed by atoms with Crippen LogP contribution in [0.5, 0.6) is 0 Å². The van der Waals surface area contributed by atoms with E-state index in [4.69, 9.17) is 0 Å². The summed E-state index contributed by atoms with van der Waals surface area (Å²) >= 11 is 0. The highest BCUT2D eigenvalue weighted by atomic mass is 15.0. The normalized spacial score (nSPS) is 18.1. The van der Waals surface area contributed by atoms with Gasteiger partial charge in [-0.25, -0.2) is 0 Å². The number of hydrogen-bond donors (Lipinski definition) is 2. The lowest BCUT2D eigenvalue weighted by Crippen LogP contribution is -2.50. The molecule has 0 atom stereocenters. The van der Waals surface area contributed by atoms with Gasteiger partial charge >= 0.3 is 6.98 Å². The van der Waals surface area contributed by atoms with E-state index in [-0.39, 0.29) is 6.98 Å². The van der Waals surface area contributed by atoms with E-state index in [1.807, 2.05) is 6.92 Å². The average Bonchev–Trinajstić information content (AvgIpc) is 2.40. The van der Waals surface area contributed by atoms with Crippen molar-refractivity contribution in [3.05, 3.63) is 22.5 Å². The van der Waals surface area contributed by atoms with Gasteiger partial charge in [-0.05, 0) is 31.2 Å². The minimum Gasteiger partial charge on any atom is -0.413 e. The third-order valence-corrected chi connectivity index (χ3v) is 3.39. The molecule has 0 aromatic heterocycles. The van der Waals surface area contributed by atoms with Gasteiger partial charge in [0.25, 0.3) is 0 Å². The topological polar surface area (TPSA) is 47.9 Å². The highest BCUT2D eigenvalue weighted by Gasteiger charge is 2.26. The van der Waals surface area contributed by atoms with E-state index in [2.05, 4.69) is 37.3 Å². The quantitative estimate of drug-likeness (QED) is 0.576. The second kappa shape index (κ2) is 7.15. The zero-order chi connectivity index (χ0) is 13.5. The molecule has 1 rings (SSSR count). The first-order valence-corrected chi connectivity index (χ1v) is 7.10. The molecule has 0 unspecified atom stereocenters. The lowest BCUT2D eigenvalue weighted by Gasteiger charge is -2.31. The lowest BCUT2D eigenvalue weighted by molar-refractivity contribution is 0.788. The Labute approximate surface area is 111 Å². The zero-order valence-electron chi connectivity index (χ0n) is 12.1. The second-order valence-corrected chi connectivity index (χ2v) is 4.63. The zero-order valence-corrected chi connectivity index (χ0v) is 12.1. The Morgan fingerprint density at radius 1 is 1.22 bits per heavy atom.